The number of hydrogen-bond acceptors (Lipinski definition) is 19. The van der Waals surface area contributed by atoms with E-state index in [2.05, 4.69) is 107 Å². The quantitative estimate of drug-likeness (QED) is 0.0352. The molecule has 22 heteroatoms. The van der Waals surface area contributed by atoms with E-state index < -0.39 is 5.97 Å². The summed E-state index contributed by atoms with van der Waals surface area (Å²) in [4.78, 5) is 85.9. The summed E-state index contributed by atoms with van der Waals surface area (Å²) in [7, 11) is 5.59. The van der Waals surface area contributed by atoms with Gasteiger partial charge in [-0.25, -0.2) is 24.7 Å². The second kappa shape index (κ2) is 38.9. The molecule has 9 aromatic heterocycles. The number of ether oxygens (including phenoxy) is 1. The number of carbonyl (C=O) groups excluding carboxylic acids is 3. The Hall–Kier alpha value is -7.35. The molecule has 0 atom stereocenters. The molecule has 0 unspecified atom stereocenters. The van der Waals surface area contributed by atoms with Gasteiger partial charge in [0, 0.05) is 114 Å². The number of ketones is 2. The largest absolute Gasteiger partial charge is 0.464 e. The van der Waals surface area contributed by atoms with Crippen molar-refractivity contribution in [3.8, 4) is 33.8 Å². The van der Waals surface area contributed by atoms with Crippen LogP contribution >= 0.6 is 23.2 Å². The fourth-order valence-corrected chi connectivity index (χ4v) is 12.9. The predicted octanol–water partition coefficient (Wildman–Crippen LogP) is 14.5. The maximum atomic E-state index is 12.8. The van der Waals surface area contributed by atoms with Crippen molar-refractivity contribution < 1.29 is 19.1 Å². The number of nitrogens with zero attached hydrogens (tertiary/aromatic N) is 13. The molecule has 0 bridgehead atoms. The van der Waals surface area contributed by atoms with Crippen LogP contribution in [0.3, 0.4) is 0 Å². The van der Waals surface area contributed by atoms with Crippen molar-refractivity contribution in [3.63, 3.8) is 0 Å². The van der Waals surface area contributed by atoms with Gasteiger partial charge in [-0.1, -0.05) is 36.0 Å². The number of Topliss-reactive ketones (excluding diaryl/α,β-unsaturated/α-hetero) is 2. The number of piperidine rings is 4. The van der Waals surface area contributed by atoms with E-state index in [9.17, 15) is 14.4 Å². The van der Waals surface area contributed by atoms with Crippen molar-refractivity contribution in [2.24, 2.45) is 17.6 Å². The average Bonchev–Trinajstić information content (AvgIpc) is 0.817. The van der Waals surface area contributed by atoms with E-state index in [-0.39, 0.29) is 31.4 Å². The lowest BCUT2D eigenvalue weighted by molar-refractivity contribution is 0.0593. The molecule has 516 valence electrons. The van der Waals surface area contributed by atoms with E-state index in [1.807, 2.05) is 42.6 Å². The van der Waals surface area contributed by atoms with Gasteiger partial charge in [-0.3, -0.25) is 34.5 Å². The number of anilines is 1. The standard InChI is InChI=1S/C29H38N6O.C21H21ClN4O.C15H10ClN3O2.C8H18N2.3CH3.Al/c1-34-16-9-22(10-17-34)18-29(36)26-7-6-23(20-32-26)27-19-28(24-21-30-12-8-25(24)33-27)31-11-5-15-35-13-3-2-4-14-35;1-26-8-5-14(6-9-26)10-21(27)19-3-2-15(12-24-19)20-11-17(22)16-13-23-7-4-18(16)25-20;1-21-15(20)13-3-2-9(7-18-13)14-6-11(16)10-8-17-5-4-12(10)19-14;9-5-4-8-10-6-2-1-3-7-10;;;;/h6-8,12,19-22H,2-5,9-11,13-18H2,1H3,(H,31,33);2-4,7,11-14H,5-6,8-10H2,1H3;2-8H,1H3;1-9H2;3*1H3;. The van der Waals surface area contributed by atoms with Gasteiger partial charge in [-0.15, -0.1) is 17.4 Å². The van der Waals surface area contributed by atoms with Crippen molar-refractivity contribution in [3.05, 3.63) is 156 Å². The first-order valence-electron chi connectivity index (χ1n) is 35.0. The first kappa shape index (κ1) is 74.9. The third-order valence-corrected chi connectivity index (χ3v) is 18.7. The van der Waals surface area contributed by atoms with Gasteiger partial charge in [-0.2, -0.15) is 0 Å². The summed E-state index contributed by atoms with van der Waals surface area (Å²) in [6, 6.07) is 22.1. The lowest BCUT2D eigenvalue weighted by Crippen LogP contribution is -2.31. The summed E-state index contributed by atoms with van der Waals surface area (Å²) in [5.74, 6) is 7.63. The molecule has 13 heterocycles. The Morgan fingerprint density at radius 1 is 0.520 bits per heavy atom. The number of rotatable bonds is 18. The van der Waals surface area contributed by atoms with Crippen LogP contribution in [0.4, 0.5) is 5.69 Å². The Morgan fingerprint density at radius 2 is 0.908 bits per heavy atom. The summed E-state index contributed by atoms with van der Waals surface area (Å²) >= 11 is 12.5. The van der Waals surface area contributed by atoms with Crippen LogP contribution in [-0.2, 0) is 4.74 Å². The van der Waals surface area contributed by atoms with Crippen molar-refractivity contribution in [1.82, 2.24) is 64.5 Å². The van der Waals surface area contributed by atoms with Gasteiger partial charge in [0.25, 0.3) is 14.1 Å². The van der Waals surface area contributed by atoms with E-state index >= 15 is 0 Å². The van der Waals surface area contributed by atoms with Crippen LogP contribution in [0, 0.1) is 11.8 Å². The number of fused-ring (bicyclic) bond motifs is 3. The predicted molar refractivity (Wildman–Crippen MR) is 399 cm³/mol. The minimum absolute atomic E-state index is 0.117. The molecular formula is C76H96AlCl2N15O4. The van der Waals surface area contributed by atoms with E-state index in [4.69, 9.17) is 33.9 Å². The van der Waals surface area contributed by atoms with Crippen molar-refractivity contribution in [1.29, 1.82) is 0 Å². The maximum Gasteiger partial charge on any atom is 0.356 e. The second-order valence-electron chi connectivity index (χ2n) is 26.7. The fraction of sp³-hybridized carbons (Fsp3) is 0.447. The molecular weight excluding hydrogens is 1280 g/mol. The van der Waals surface area contributed by atoms with Gasteiger partial charge >= 0.3 is 5.97 Å². The number of pyridine rings is 9. The van der Waals surface area contributed by atoms with Crippen molar-refractivity contribution in [2.45, 2.75) is 107 Å². The van der Waals surface area contributed by atoms with Gasteiger partial charge < -0.3 is 35.4 Å². The van der Waals surface area contributed by atoms with E-state index in [0.29, 0.717) is 51.8 Å². The minimum atomic E-state index is -0.475. The number of aromatic nitrogens is 9. The lowest BCUT2D eigenvalue weighted by atomic mass is 9.91. The van der Waals surface area contributed by atoms with Crippen molar-refractivity contribution in [2.75, 3.05) is 105 Å². The highest BCUT2D eigenvalue weighted by molar-refractivity contribution is 6.54. The van der Waals surface area contributed by atoms with Gasteiger partial charge in [0.2, 0.25) is 0 Å². The monoisotopic (exact) mass is 1380 g/mol. The minimum Gasteiger partial charge on any atom is -0.464 e. The molecule has 0 aliphatic carbocycles. The highest BCUT2D eigenvalue weighted by atomic mass is 35.5. The summed E-state index contributed by atoms with van der Waals surface area (Å²) in [5.41, 5.74) is 15.0. The Morgan fingerprint density at radius 3 is 1.31 bits per heavy atom. The van der Waals surface area contributed by atoms with E-state index in [1.165, 1.54) is 84.8 Å². The number of hydrogen-bond donors (Lipinski definition) is 2. The highest BCUT2D eigenvalue weighted by Crippen LogP contribution is 2.32. The molecule has 0 spiro atoms. The SMILES string of the molecule is CN1CCC(CC(=O)c2ccc(-c3cc(Cl)c4cnccc4n3)cn2)CC1.CN1CCC(CC(=O)c2ccc(-c3cc(NCCCN4CCCCC4)c4cnccc4n3)cn2)CC1.COC(=O)c1ccc(-c2cc(Cl)c3cnccc3n2)cn1.NCCCN1CCCCC1.[CH3][Al]([CH3])[CH3]. The van der Waals surface area contributed by atoms with Gasteiger partial charge in [-0.05, 0) is 235 Å². The summed E-state index contributed by atoms with van der Waals surface area (Å²) in [5, 5.41) is 7.44. The molecule has 13 rings (SSSR count). The topological polar surface area (TPSA) is 227 Å². The van der Waals surface area contributed by atoms with Crippen LogP contribution in [0.2, 0.25) is 27.4 Å². The van der Waals surface area contributed by atoms with Crippen molar-refractivity contribution >= 4 is 93.3 Å². The second-order valence-corrected chi connectivity index (χ2v) is 31.0. The number of esters is 1. The van der Waals surface area contributed by atoms with Gasteiger partial charge in [0.15, 0.2) is 11.6 Å². The summed E-state index contributed by atoms with van der Waals surface area (Å²) in [6.45, 7) is 13.5. The molecule has 98 heavy (non-hydrogen) atoms. The number of methoxy groups -OCH3 is 1. The van der Waals surface area contributed by atoms with Crippen LogP contribution < -0.4 is 11.1 Å². The van der Waals surface area contributed by atoms with Crippen LogP contribution in [-0.4, -0.2) is 196 Å². The number of nitrogens with two attached hydrogens (primary N) is 1. The Kier molecular flexibility index (Phi) is 29.7. The zero-order chi connectivity index (χ0) is 69.2. The zero-order valence-electron chi connectivity index (χ0n) is 58.0. The normalized spacial score (nSPS) is 15.7. The number of carbonyl (C=O) groups is 3. The van der Waals surface area contributed by atoms with Gasteiger partial charge in [0.05, 0.1) is 50.8 Å². The molecule has 3 N–H and O–H groups in total. The molecule has 19 nitrogen and oxygen atoms in total. The van der Waals surface area contributed by atoms with Crippen LogP contribution in [0.1, 0.15) is 121 Å². The Bertz CT molecular complexity index is 3970. The summed E-state index contributed by atoms with van der Waals surface area (Å²) < 4.78 is 4.61. The molecule has 9 aromatic rings. The van der Waals surface area contributed by atoms with Crippen LogP contribution in [0.15, 0.2) is 129 Å². The van der Waals surface area contributed by atoms with E-state index in [0.717, 1.165) is 144 Å². The summed E-state index contributed by atoms with van der Waals surface area (Å²) in [6.07, 6.45) is 31.5. The molecule has 4 aliphatic rings. The first-order valence-corrected chi connectivity index (χ1v) is 39.2. The maximum absolute atomic E-state index is 12.8. The smallest absolute Gasteiger partial charge is 0.356 e. The highest BCUT2D eigenvalue weighted by Gasteiger charge is 2.23. The third-order valence-electron chi connectivity index (χ3n) is 18.0. The molecule has 0 radical (unpaired) electrons. The molecule has 4 aliphatic heterocycles. The van der Waals surface area contributed by atoms with Crippen LogP contribution in [0.5, 0.6) is 0 Å². The first-order chi connectivity index (χ1) is 47.6. The number of nitrogens with one attached hydrogen (secondary N) is 1. The number of likely N-dealkylation sites (tertiary alicyclic amines) is 4. The Balaban J connectivity index is 0.000000160. The van der Waals surface area contributed by atoms with Crippen LogP contribution in [0.25, 0.3) is 66.5 Å². The third kappa shape index (κ3) is 22.8. The van der Waals surface area contributed by atoms with E-state index in [1.54, 1.807) is 79.9 Å². The Labute approximate surface area is 592 Å². The zero-order valence-corrected chi connectivity index (χ0v) is 60.7. The molecule has 0 aromatic carbocycles. The average molecular weight is 1380 g/mol. The molecule has 4 fully saturated rings. The van der Waals surface area contributed by atoms with Gasteiger partial charge in [0.1, 0.15) is 17.1 Å². The lowest BCUT2D eigenvalue weighted by Gasteiger charge is -2.28. The molecule has 0 saturated carbocycles. The molecule has 4 saturated heterocycles. The fourth-order valence-electron chi connectivity index (χ4n) is 12.4. The number of halogens is 2. The molecule has 0 amide bonds.